The maximum Gasteiger partial charge on any atom is 0.322 e. The van der Waals surface area contributed by atoms with E-state index in [2.05, 4.69) is 19.9 Å². The van der Waals surface area contributed by atoms with E-state index in [0.717, 1.165) is 5.69 Å². The van der Waals surface area contributed by atoms with Gasteiger partial charge in [0.05, 0.1) is 23.9 Å². The van der Waals surface area contributed by atoms with E-state index in [-0.39, 0.29) is 17.4 Å². The number of thiazole rings is 1. The molecule has 0 aliphatic heterocycles. The summed E-state index contributed by atoms with van der Waals surface area (Å²) in [6, 6.07) is 0.232. The molecule has 0 fully saturated rings. The summed E-state index contributed by atoms with van der Waals surface area (Å²) in [6.45, 7) is 4.40. The van der Waals surface area contributed by atoms with Crippen molar-refractivity contribution in [2.45, 2.75) is 26.5 Å². The van der Waals surface area contributed by atoms with Gasteiger partial charge in [-0.25, -0.2) is 4.98 Å². The van der Waals surface area contributed by atoms with Crippen LogP contribution in [0, 0.1) is 0 Å². The summed E-state index contributed by atoms with van der Waals surface area (Å²) in [5, 5.41) is 2.09. The second-order valence-electron chi connectivity index (χ2n) is 4.19. The second kappa shape index (κ2) is 6.12. The molecule has 2 rings (SSSR count). The Morgan fingerprint density at radius 3 is 2.79 bits per heavy atom. The predicted molar refractivity (Wildman–Crippen MR) is 74.8 cm³/mol. The third-order valence-electron chi connectivity index (χ3n) is 2.14. The quantitative estimate of drug-likeness (QED) is 0.845. The molecule has 0 radical (unpaired) electrons. The zero-order valence-corrected chi connectivity index (χ0v) is 12.4. The van der Waals surface area contributed by atoms with Gasteiger partial charge in [-0.1, -0.05) is 0 Å². The number of halogens is 1. The molecule has 0 unspecified atom stereocenters. The number of aromatic nitrogens is 4. The molecule has 2 heterocycles. The Balaban J connectivity index is 2.16. The smallest absolute Gasteiger partial charge is 0.322 e. The van der Waals surface area contributed by atoms with Crippen LogP contribution in [0.4, 0.5) is 5.95 Å². The fourth-order valence-electron chi connectivity index (χ4n) is 1.39. The van der Waals surface area contributed by atoms with Crippen LogP contribution in [0.5, 0.6) is 6.01 Å². The lowest BCUT2D eigenvalue weighted by molar-refractivity contribution is 0.221. The number of hydrogen-bond acceptors (Lipinski definition) is 7. The van der Waals surface area contributed by atoms with Crippen molar-refractivity contribution in [3.05, 3.63) is 21.9 Å². The number of hydrogen-bond donors (Lipinski definition) is 0. The van der Waals surface area contributed by atoms with Crippen molar-refractivity contribution < 1.29 is 4.74 Å². The topological polar surface area (TPSA) is 64.0 Å². The molecule has 0 aliphatic rings. The molecule has 0 atom stereocenters. The summed E-state index contributed by atoms with van der Waals surface area (Å²) in [5.74, 6) is 0.462. The van der Waals surface area contributed by atoms with Gasteiger partial charge in [0.2, 0.25) is 11.2 Å². The molecule has 102 valence electrons. The number of nitrogens with zero attached hydrogens (tertiary/aromatic N) is 5. The van der Waals surface area contributed by atoms with Gasteiger partial charge in [-0.2, -0.15) is 15.0 Å². The molecular weight excluding hydrogens is 286 g/mol. The van der Waals surface area contributed by atoms with Crippen molar-refractivity contribution in [2.24, 2.45) is 0 Å². The standard InChI is InChI=1S/C11H14ClN5OS/c1-7(2)18-11-15-9(12)14-10(16-11)17(3)4-8-5-19-6-13-8/h5-7H,4H2,1-3H3. The third kappa shape index (κ3) is 4.00. The molecule has 0 aliphatic carbocycles. The highest BCUT2D eigenvalue weighted by molar-refractivity contribution is 7.07. The fraction of sp³-hybridized carbons (Fsp3) is 0.455. The van der Waals surface area contributed by atoms with Crippen LogP contribution in [-0.4, -0.2) is 33.1 Å². The van der Waals surface area contributed by atoms with E-state index >= 15 is 0 Å². The normalized spacial score (nSPS) is 10.8. The van der Waals surface area contributed by atoms with Crippen LogP contribution in [0.25, 0.3) is 0 Å². The summed E-state index contributed by atoms with van der Waals surface area (Å²) < 4.78 is 5.43. The van der Waals surface area contributed by atoms with Crippen LogP contribution in [0.15, 0.2) is 10.9 Å². The van der Waals surface area contributed by atoms with Gasteiger partial charge in [0, 0.05) is 12.4 Å². The monoisotopic (exact) mass is 299 g/mol. The highest BCUT2D eigenvalue weighted by Crippen LogP contribution is 2.16. The lowest BCUT2D eigenvalue weighted by Crippen LogP contribution is -2.20. The molecule has 19 heavy (non-hydrogen) atoms. The minimum absolute atomic E-state index is 0.0184. The molecule has 2 aromatic heterocycles. The van der Waals surface area contributed by atoms with Crippen LogP contribution in [-0.2, 0) is 6.54 Å². The van der Waals surface area contributed by atoms with Crippen molar-refractivity contribution in [1.29, 1.82) is 0 Å². The lowest BCUT2D eigenvalue weighted by atomic mass is 10.4. The molecule has 8 heteroatoms. The summed E-state index contributed by atoms with van der Waals surface area (Å²) in [4.78, 5) is 18.3. The summed E-state index contributed by atoms with van der Waals surface area (Å²) in [7, 11) is 1.87. The van der Waals surface area contributed by atoms with Gasteiger partial charge in [0.25, 0.3) is 0 Å². The first kappa shape index (κ1) is 14.0. The van der Waals surface area contributed by atoms with E-state index in [1.807, 2.05) is 31.2 Å². The molecular formula is C11H14ClN5OS. The Bertz CT molecular complexity index is 534. The van der Waals surface area contributed by atoms with Gasteiger partial charge in [0.1, 0.15) is 0 Å². The Hall–Kier alpha value is -1.47. The third-order valence-corrected chi connectivity index (χ3v) is 2.95. The van der Waals surface area contributed by atoms with Crippen LogP contribution in [0.3, 0.4) is 0 Å². The number of anilines is 1. The fourth-order valence-corrected chi connectivity index (χ4v) is 2.08. The van der Waals surface area contributed by atoms with Crippen molar-refractivity contribution in [3.8, 4) is 6.01 Å². The molecule has 2 aromatic rings. The average Bonchev–Trinajstić information content (AvgIpc) is 2.80. The van der Waals surface area contributed by atoms with Crippen LogP contribution in [0.1, 0.15) is 19.5 Å². The maximum absolute atomic E-state index is 5.88. The zero-order valence-electron chi connectivity index (χ0n) is 10.9. The van der Waals surface area contributed by atoms with Gasteiger partial charge in [-0.3, -0.25) is 0 Å². The van der Waals surface area contributed by atoms with Gasteiger partial charge in [-0.15, -0.1) is 11.3 Å². The first-order valence-electron chi connectivity index (χ1n) is 5.71. The summed E-state index contributed by atoms with van der Waals surface area (Å²) in [5.41, 5.74) is 2.74. The molecule has 0 spiro atoms. The van der Waals surface area contributed by atoms with Gasteiger partial charge in [-0.05, 0) is 25.4 Å². The largest absolute Gasteiger partial charge is 0.461 e. The van der Waals surface area contributed by atoms with Crippen LogP contribution in [0.2, 0.25) is 5.28 Å². The lowest BCUT2D eigenvalue weighted by Gasteiger charge is -2.16. The number of rotatable bonds is 5. The SMILES string of the molecule is CC(C)Oc1nc(Cl)nc(N(C)Cc2cscn2)n1. The average molecular weight is 300 g/mol. The Kier molecular flexibility index (Phi) is 4.49. The Morgan fingerprint density at radius 1 is 1.37 bits per heavy atom. The molecule has 6 nitrogen and oxygen atoms in total. The van der Waals surface area contributed by atoms with Gasteiger partial charge < -0.3 is 9.64 Å². The maximum atomic E-state index is 5.88. The van der Waals surface area contributed by atoms with E-state index in [9.17, 15) is 0 Å². The van der Waals surface area contributed by atoms with E-state index in [0.29, 0.717) is 12.5 Å². The molecule has 0 bridgehead atoms. The minimum Gasteiger partial charge on any atom is -0.461 e. The molecule has 0 saturated carbocycles. The molecule has 0 amide bonds. The van der Waals surface area contributed by atoms with E-state index in [1.54, 1.807) is 16.8 Å². The summed E-state index contributed by atoms with van der Waals surface area (Å²) in [6.07, 6.45) is -0.0184. The van der Waals surface area contributed by atoms with Crippen molar-refractivity contribution >= 4 is 28.9 Å². The molecule has 0 saturated heterocycles. The van der Waals surface area contributed by atoms with Crippen LogP contribution >= 0.6 is 22.9 Å². The minimum atomic E-state index is -0.0184. The van der Waals surface area contributed by atoms with Crippen LogP contribution < -0.4 is 9.64 Å². The second-order valence-corrected chi connectivity index (χ2v) is 5.25. The van der Waals surface area contributed by atoms with Gasteiger partial charge >= 0.3 is 6.01 Å². The zero-order chi connectivity index (χ0) is 13.8. The van der Waals surface area contributed by atoms with Crippen molar-refractivity contribution in [1.82, 2.24) is 19.9 Å². The van der Waals surface area contributed by atoms with Crippen molar-refractivity contribution in [2.75, 3.05) is 11.9 Å². The Morgan fingerprint density at radius 2 is 2.16 bits per heavy atom. The van der Waals surface area contributed by atoms with E-state index < -0.39 is 0 Å². The van der Waals surface area contributed by atoms with E-state index in [1.165, 1.54) is 0 Å². The highest BCUT2D eigenvalue weighted by Gasteiger charge is 2.12. The van der Waals surface area contributed by atoms with E-state index in [4.69, 9.17) is 16.3 Å². The highest BCUT2D eigenvalue weighted by atomic mass is 35.5. The van der Waals surface area contributed by atoms with Crippen molar-refractivity contribution in [3.63, 3.8) is 0 Å². The first-order chi connectivity index (χ1) is 9.04. The molecule has 0 aromatic carbocycles. The predicted octanol–water partition coefficient (Wildman–Crippen LogP) is 2.41. The molecule has 0 N–H and O–H groups in total. The Labute approximate surface area is 120 Å². The van der Waals surface area contributed by atoms with Gasteiger partial charge in [0.15, 0.2) is 0 Å². The summed E-state index contributed by atoms with van der Waals surface area (Å²) >= 11 is 7.43. The first-order valence-corrected chi connectivity index (χ1v) is 7.03. The number of ether oxygens (including phenoxy) is 1.